The molecule has 0 radical (unpaired) electrons. The molecule has 0 saturated carbocycles. The van der Waals surface area contributed by atoms with Crippen molar-refractivity contribution < 1.29 is 18.3 Å². The van der Waals surface area contributed by atoms with Gasteiger partial charge in [-0.05, 0) is 50.9 Å². The highest BCUT2D eigenvalue weighted by Crippen LogP contribution is 2.37. The van der Waals surface area contributed by atoms with Crippen LogP contribution in [0.2, 0.25) is 0 Å². The van der Waals surface area contributed by atoms with Gasteiger partial charge in [-0.2, -0.15) is 13.2 Å². The lowest BCUT2D eigenvalue weighted by Crippen LogP contribution is -2.37. The summed E-state index contributed by atoms with van der Waals surface area (Å²) in [6.07, 6.45) is -2.39. The van der Waals surface area contributed by atoms with Crippen molar-refractivity contribution in [1.29, 1.82) is 0 Å². The fourth-order valence-electron chi connectivity index (χ4n) is 2.59. The standard InChI is InChI=1S/C14H18F3NO/c1-13(2)6-3-7-18(13)9-10-4-5-12(19)11(8-10)14(15,16)17/h4-5,8,19H,3,6-7,9H2,1-2H3. The molecule has 1 N–H and O–H groups in total. The van der Waals surface area contributed by atoms with Gasteiger partial charge in [0.15, 0.2) is 0 Å². The second-order valence-corrected chi connectivity index (χ2v) is 5.69. The summed E-state index contributed by atoms with van der Waals surface area (Å²) in [5.74, 6) is -0.711. The van der Waals surface area contributed by atoms with Gasteiger partial charge < -0.3 is 5.11 Å². The number of halogens is 3. The second kappa shape index (κ2) is 4.71. The first-order valence-electron chi connectivity index (χ1n) is 6.34. The molecule has 0 aromatic heterocycles. The Morgan fingerprint density at radius 1 is 1.32 bits per heavy atom. The molecule has 5 heteroatoms. The van der Waals surface area contributed by atoms with Gasteiger partial charge in [0, 0.05) is 12.1 Å². The summed E-state index contributed by atoms with van der Waals surface area (Å²) in [6.45, 7) is 5.59. The molecule has 0 amide bonds. The number of likely N-dealkylation sites (tertiary alicyclic amines) is 1. The molecule has 1 aliphatic heterocycles. The largest absolute Gasteiger partial charge is 0.507 e. The van der Waals surface area contributed by atoms with Crippen LogP contribution in [0.4, 0.5) is 13.2 Å². The number of hydrogen-bond acceptors (Lipinski definition) is 2. The third-order valence-electron chi connectivity index (χ3n) is 3.81. The number of phenols is 1. The van der Waals surface area contributed by atoms with Gasteiger partial charge in [-0.3, -0.25) is 4.90 Å². The summed E-state index contributed by atoms with van der Waals surface area (Å²) in [5.41, 5.74) is -0.349. The molecule has 1 aliphatic rings. The highest BCUT2D eigenvalue weighted by molar-refractivity contribution is 5.38. The van der Waals surface area contributed by atoms with Crippen molar-refractivity contribution in [2.24, 2.45) is 0 Å². The van der Waals surface area contributed by atoms with Gasteiger partial charge in [-0.15, -0.1) is 0 Å². The predicted octanol–water partition coefficient (Wildman–Crippen LogP) is 3.79. The maximum atomic E-state index is 12.7. The Morgan fingerprint density at radius 3 is 2.53 bits per heavy atom. The van der Waals surface area contributed by atoms with Crippen LogP contribution in [0.15, 0.2) is 18.2 Å². The Bertz CT molecular complexity index is 468. The first kappa shape index (κ1) is 14.2. The van der Waals surface area contributed by atoms with E-state index in [1.54, 1.807) is 6.07 Å². The van der Waals surface area contributed by atoms with Crippen LogP contribution in [0, 0.1) is 0 Å². The number of benzene rings is 1. The number of aromatic hydroxyl groups is 1. The smallest absolute Gasteiger partial charge is 0.419 e. The third-order valence-corrected chi connectivity index (χ3v) is 3.81. The molecular weight excluding hydrogens is 255 g/mol. The Balaban J connectivity index is 2.23. The Kier molecular flexibility index (Phi) is 3.51. The molecule has 2 nitrogen and oxygen atoms in total. The zero-order chi connectivity index (χ0) is 14.3. The van der Waals surface area contributed by atoms with E-state index in [-0.39, 0.29) is 5.54 Å². The number of phenolic OH excluding ortho intramolecular Hbond substituents is 1. The van der Waals surface area contributed by atoms with E-state index in [0.29, 0.717) is 12.1 Å². The minimum Gasteiger partial charge on any atom is -0.507 e. The summed E-state index contributed by atoms with van der Waals surface area (Å²) in [6, 6.07) is 3.73. The van der Waals surface area contributed by atoms with Crippen molar-refractivity contribution in [1.82, 2.24) is 4.90 Å². The fourth-order valence-corrected chi connectivity index (χ4v) is 2.59. The van der Waals surface area contributed by atoms with Crippen LogP contribution in [0.1, 0.15) is 37.8 Å². The number of nitrogens with zero attached hydrogens (tertiary/aromatic N) is 1. The summed E-state index contributed by atoms with van der Waals surface area (Å²) >= 11 is 0. The van der Waals surface area contributed by atoms with Crippen LogP contribution in [0.3, 0.4) is 0 Å². The Morgan fingerprint density at radius 2 is 2.00 bits per heavy atom. The van der Waals surface area contributed by atoms with E-state index in [0.717, 1.165) is 31.5 Å². The molecular formula is C14H18F3NO. The average molecular weight is 273 g/mol. The summed E-state index contributed by atoms with van der Waals surface area (Å²) in [5, 5.41) is 9.30. The lowest BCUT2D eigenvalue weighted by atomic mass is 10.0. The Hall–Kier alpha value is -1.23. The molecule has 1 aromatic rings. The summed E-state index contributed by atoms with van der Waals surface area (Å²) in [7, 11) is 0. The van der Waals surface area contributed by atoms with Gasteiger partial charge in [-0.25, -0.2) is 0 Å². The SMILES string of the molecule is CC1(C)CCCN1Cc1ccc(O)c(C(F)(F)F)c1. The van der Waals surface area contributed by atoms with Crippen LogP contribution in [0.25, 0.3) is 0 Å². The lowest BCUT2D eigenvalue weighted by Gasteiger charge is -2.31. The molecule has 0 unspecified atom stereocenters. The molecule has 19 heavy (non-hydrogen) atoms. The van der Waals surface area contributed by atoms with E-state index in [2.05, 4.69) is 18.7 Å². The van der Waals surface area contributed by atoms with Crippen LogP contribution >= 0.6 is 0 Å². The molecule has 0 bridgehead atoms. The third kappa shape index (κ3) is 3.03. The van der Waals surface area contributed by atoms with E-state index in [4.69, 9.17) is 0 Å². The summed E-state index contributed by atoms with van der Waals surface area (Å²) in [4.78, 5) is 2.18. The van der Waals surface area contributed by atoms with Gasteiger partial charge in [0.1, 0.15) is 5.75 Å². The van der Waals surface area contributed by atoms with Gasteiger partial charge in [-0.1, -0.05) is 6.07 Å². The predicted molar refractivity (Wildman–Crippen MR) is 66.8 cm³/mol. The molecule has 1 aromatic carbocycles. The molecule has 0 aliphatic carbocycles. The van der Waals surface area contributed by atoms with Crippen molar-refractivity contribution in [3.05, 3.63) is 29.3 Å². The highest BCUT2D eigenvalue weighted by atomic mass is 19.4. The molecule has 0 atom stereocenters. The Labute approximate surface area is 110 Å². The van der Waals surface area contributed by atoms with Gasteiger partial charge in [0.05, 0.1) is 5.56 Å². The number of hydrogen-bond donors (Lipinski definition) is 1. The molecule has 0 spiro atoms. The van der Waals surface area contributed by atoms with Gasteiger partial charge in [0.2, 0.25) is 0 Å². The maximum absolute atomic E-state index is 12.7. The minimum absolute atomic E-state index is 0.0241. The van der Waals surface area contributed by atoms with E-state index < -0.39 is 17.5 Å². The fraction of sp³-hybridized carbons (Fsp3) is 0.571. The first-order valence-corrected chi connectivity index (χ1v) is 6.34. The first-order chi connectivity index (χ1) is 8.70. The number of rotatable bonds is 2. The van der Waals surface area contributed by atoms with Crippen LogP contribution in [-0.4, -0.2) is 22.1 Å². The van der Waals surface area contributed by atoms with Crippen molar-refractivity contribution in [3.63, 3.8) is 0 Å². The van der Waals surface area contributed by atoms with E-state index in [1.165, 1.54) is 0 Å². The molecule has 1 fully saturated rings. The van der Waals surface area contributed by atoms with Gasteiger partial charge in [0.25, 0.3) is 0 Å². The monoisotopic (exact) mass is 273 g/mol. The van der Waals surface area contributed by atoms with Crippen LogP contribution in [0.5, 0.6) is 5.75 Å². The van der Waals surface area contributed by atoms with Crippen molar-refractivity contribution in [2.45, 2.75) is 44.9 Å². The molecule has 1 heterocycles. The van der Waals surface area contributed by atoms with Crippen molar-refractivity contribution in [3.8, 4) is 5.75 Å². The lowest BCUT2D eigenvalue weighted by molar-refractivity contribution is -0.138. The van der Waals surface area contributed by atoms with Crippen molar-refractivity contribution in [2.75, 3.05) is 6.54 Å². The van der Waals surface area contributed by atoms with Gasteiger partial charge >= 0.3 is 6.18 Å². The summed E-state index contributed by atoms with van der Waals surface area (Å²) < 4.78 is 38.2. The topological polar surface area (TPSA) is 23.5 Å². The van der Waals surface area contributed by atoms with E-state index in [1.807, 2.05) is 0 Å². The quantitative estimate of drug-likeness (QED) is 0.886. The molecule has 1 saturated heterocycles. The van der Waals surface area contributed by atoms with E-state index in [9.17, 15) is 18.3 Å². The minimum atomic E-state index is -4.51. The average Bonchev–Trinajstić information content (AvgIpc) is 2.59. The van der Waals surface area contributed by atoms with Crippen LogP contribution < -0.4 is 0 Å². The highest BCUT2D eigenvalue weighted by Gasteiger charge is 2.35. The maximum Gasteiger partial charge on any atom is 0.419 e. The molecule has 2 rings (SSSR count). The van der Waals surface area contributed by atoms with Crippen molar-refractivity contribution >= 4 is 0 Å². The molecule has 106 valence electrons. The zero-order valence-corrected chi connectivity index (χ0v) is 11.1. The van der Waals surface area contributed by atoms with E-state index >= 15 is 0 Å². The second-order valence-electron chi connectivity index (χ2n) is 5.69. The normalized spacial score (nSPS) is 19.8. The number of alkyl halides is 3. The van der Waals surface area contributed by atoms with Crippen LogP contribution in [-0.2, 0) is 12.7 Å². The zero-order valence-electron chi connectivity index (χ0n) is 11.1.